The molecule has 0 saturated carbocycles. The summed E-state index contributed by atoms with van der Waals surface area (Å²) in [6.45, 7) is 6.02. The van der Waals surface area contributed by atoms with Gasteiger partial charge < -0.3 is 15.1 Å². The van der Waals surface area contributed by atoms with Crippen LogP contribution in [-0.4, -0.2) is 52.1 Å². The van der Waals surface area contributed by atoms with Crippen LogP contribution in [0.1, 0.15) is 25.3 Å². The topological polar surface area (TPSA) is 61.6 Å². The SMILES string of the molecule is CCN(C(=S)Nc1ccccc1[N+](=O)[O-])C1CCN(CCc2ccccc2)CC1. The van der Waals surface area contributed by atoms with Gasteiger partial charge in [0.2, 0.25) is 0 Å². The first-order valence-electron chi connectivity index (χ1n) is 10.2. The van der Waals surface area contributed by atoms with Crippen LogP contribution in [0.4, 0.5) is 11.4 Å². The molecule has 0 spiro atoms. The Labute approximate surface area is 177 Å². The first-order valence-corrected chi connectivity index (χ1v) is 10.6. The molecule has 0 atom stereocenters. The molecular weight excluding hydrogens is 384 g/mol. The molecule has 0 radical (unpaired) electrons. The molecule has 1 fully saturated rings. The summed E-state index contributed by atoms with van der Waals surface area (Å²) in [5, 5.41) is 14.9. The normalized spacial score (nSPS) is 15.1. The van der Waals surface area contributed by atoms with Crippen molar-refractivity contribution >= 4 is 28.7 Å². The Morgan fingerprint density at radius 1 is 1.17 bits per heavy atom. The first kappa shape index (κ1) is 21.2. The predicted molar refractivity (Wildman–Crippen MR) is 121 cm³/mol. The number of hydrogen-bond acceptors (Lipinski definition) is 4. The average Bonchev–Trinajstić information content (AvgIpc) is 2.74. The van der Waals surface area contributed by atoms with Gasteiger partial charge in [0.05, 0.1) is 4.92 Å². The lowest BCUT2D eigenvalue weighted by Crippen LogP contribution is -2.48. The third-order valence-electron chi connectivity index (χ3n) is 5.50. The highest BCUT2D eigenvalue weighted by Gasteiger charge is 2.26. The van der Waals surface area contributed by atoms with Crippen LogP contribution in [0.3, 0.4) is 0 Å². The van der Waals surface area contributed by atoms with E-state index in [0.29, 0.717) is 16.8 Å². The number of benzene rings is 2. The Bertz CT molecular complexity index is 823. The summed E-state index contributed by atoms with van der Waals surface area (Å²) < 4.78 is 0. The van der Waals surface area contributed by atoms with E-state index in [1.807, 2.05) is 0 Å². The number of hydrogen-bond donors (Lipinski definition) is 1. The summed E-state index contributed by atoms with van der Waals surface area (Å²) in [7, 11) is 0. The van der Waals surface area contributed by atoms with E-state index in [9.17, 15) is 10.1 Å². The number of anilines is 1. The van der Waals surface area contributed by atoms with Crippen molar-refractivity contribution in [3.05, 3.63) is 70.3 Å². The number of nitro groups is 1. The largest absolute Gasteiger partial charge is 0.346 e. The second-order valence-electron chi connectivity index (χ2n) is 7.30. The lowest BCUT2D eigenvalue weighted by molar-refractivity contribution is -0.383. The monoisotopic (exact) mass is 412 g/mol. The molecule has 0 unspecified atom stereocenters. The molecule has 29 heavy (non-hydrogen) atoms. The molecule has 0 aliphatic carbocycles. The quantitative estimate of drug-likeness (QED) is 0.415. The van der Waals surface area contributed by atoms with Gasteiger partial charge in [0.1, 0.15) is 5.69 Å². The standard InChI is InChI=1S/C22H28N4O2S/c1-2-25(22(29)23-20-10-6-7-11-21(20)26(27)28)19-13-16-24(17-14-19)15-12-18-8-4-3-5-9-18/h3-11,19H,2,12-17H2,1H3,(H,23,29). The van der Waals surface area contributed by atoms with Crippen molar-refractivity contribution in [3.8, 4) is 0 Å². The summed E-state index contributed by atoms with van der Waals surface area (Å²) in [6.07, 6.45) is 3.16. The number of piperidine rings is 1. The van der Waals surface area contributed by atoms with E-state index >= 15 is 0 Å². The molecule has 1 aliphatic heterocycles. The number of rotatable bonds is 7. The third kappa shape index (κ3) is 5.74. The number of likely N-dealkylation sites (tertiary alicyclic amines) is 1. The van der Waals surface area contributed by atoms with Crippen molar-refractivity contribution in [1.82, 2.24) is 9.80 Å². The van der Waals surface area contributed by atoms with Crippen LogP contribution in [0.5, 0.6) is 0 Å². The molecule has 0 bridgehead atoms. The number of thiocarbonyl (C=S) groups is 1. The summed E-state index contributed by atoms with van der Waals surface area (Å²) in [6, 6.07) is 17.6. The van der Waals surface area contributed by atoms with Crippen LogP contribution >= 0.6 is 12.2 Å². The molecule has 1 N–H and O–H groups in total. The van der Waals surface area contributed by atoms with Crippen LogP contribution in [0.25, 0.3) is 0 Å². The van der Waals surface area contributed by atoms with Crippen LogP contribution in [0.15, 0.2) is 54.6 Å². The fourth-order valence-corrected chi connectivity index (χ4v) is 4.27. The Hall–Kier alpha value is -2.51. The molecule has 1 heterocycles. The predicted octanol–water partition coefficient (Wildman–Crippen LogP) is 4.32. The van der Waals surface area contributed by atoms with Gasteiger partial charge in [0, 0.05) is 38.3 Å². The van der Waals surface area contributed by atoms with E-state index in [0.717, 1.165) is 45.4 Å². The van der Waals surface area contributed by atoms with Gasteiger partial charge in [-0.05, 0) is 50.0 Å². The maximum Gasteiger partial charge on any atom is 0.292 e. The summed E-state index contributed by atoms with van der Waals surface area (Å²) >= 11 is 5.61. The Kier molecular flexibility index (Phi) is 7.55. The van der Waals surface area contributed by atoms with Gasteiger partial charge in [-0.3, -0.25) is 10.1 Å². The fourth-order valence-electron chi connectivity index (χ4n) is 3.88. The van der Waals surface area contributed by atoms with Gasteiger partial charge >= 0.3 is 0 Å². The molecule has 1 saturated heterocycles. The van der Waals surface area contributed by atoms with Gasteiger partial charge in [-0.1, -0.05) is 42.5 Å². The van der Waals surface area contributed by atoms with Crippen molar-refractivity contribution in [2.24, 2.45) is 0 Å². The molecule has 2 aromatic carbocycles. The maximum atomic E-state index is 11.2. The van der Waals surface area contributed by atoms with Crippen LogP contribution < -0.4 is 5.32 Å². The van der Waals surface area contributed by atoms with Crippen molar-refractivity contribution in [3.63, 3.8) is 0 Å². The Morgan fingerprint density at radius 2 is 1.83 bits per heavy atom. The minimum Gasteiger partial charge on any atom is -0.346 e. The second kappa shape index (κ2) is 10.3. The van der Waals surface area contributed by atoms with E-state index in [2.05, 4.69) is 52.4 Å². The van der Waals surface area contributed by atoms with Crippen molar-refractivity contribution in [2.75, 3.05) is 31.5 Å². The minimum atomic E-state index is -0.382. The summed E-state index contributed by atoms with van der Waals surface area (Å²) in [4.78, 5) is 15.5. The lowest BCUT2D eigenvalue weighted by atomic mass is 10.0. The Morgan fingerprint density at radius 3 is 2.48 bits per heavy atom. The zero-order valence-corrected chi connectivity index (χ0v) is 17.6. The molecule has 0 amide bonds. The first-order chi connectivity index (χ1) is 14.1. The van der Waals surface area contributed by atoms with Gasteiger partial charge in [-0.25, -0.2) is 0 Å². The maximum absolute atomic E-state index is 11.2. The van der Waals surface area contributed by atoms with Crippen LogP contribution in [-0.2, 0) is 6.42 Å². The fraction of sp³-hybridized carbons (Fsp3) is 0.409. The number of nitrogens with one attached hydrogen (secondary N) is 1. The highest BCUT2D eigenvalue weighted by atomic mass is 32.1. The molecular formula is C22H28N4O2S. The molecule has 154 valence electrons. The van der Waals surface area contributed by atoms with Crippen molar-refractivity contribution in [2.45, 2.75) is 32.2 Å². The highest BCUT2D eigenvalue weighted by molar-refractivity contribution is 7.80. The van der Waals surface area contributed by atoms with E-state index in [4.69, 9.17) is 12.2 Å². The van der Waals surface area contributed by atoms with Gasteiger partial charge in [-0.2, -0.15) is 0 Å². The third-order valence-corrected chi connectivity index (χ3v) is 5.84. The van der Waals surface area contributed by atoms with Crippen LogP contribution in [0.2, 0.25) is 0 Å². The highest BCUT2D eigenvalue weighted by Crippen LogP contribution is 2.25. The zero-order valence-electron chi connectivity index (χ0n) is 16.8. The number of nitro benzene ring substituents is 1. The number of nitrogens with zero attached hydrogens (tertiary/aromatic N) is 3. The van der Waals surface area contributed by atoms with Crippen LogP contribution in [0, 0.1) is 10.1 Å². The molecule has 6 nitrogen and oxygen atoms in total. The van der Waals surface area contributed by atoms with E-state index in [-0.39, 0.29) is 10.6 Å². The van der Waals surface area contributed by atoms with Gasteiger partial charge in [0.15, 0.2) is 5.11 Å². The summed E-state index contributed by atoms with van der Waals surface area (Å²) in [5.74, 6) is 0. The molecule has 7 heteroatoms. The van der Waals surface area contributed by atoms with Gasteiger partial charge in [0.25, 0.3) is 5.69 Å². The average molecular weight is 413 g/mol. The van der Waals surface area contributed by atoms with Gasteiger partial charge in [-0.15, -0.1) is 0 Å². The molecule has 2 aromatic rings. The molecule has 0 aromatic heterocycles. The smallest absolute Gasteiger partial charge is 0.292 e. The number of para-hydroxylation sites is 2. The van der Waals surface area contributed by atoms with Crippen molar-refractivity contribution < 1.29 is 4.92 Å². The van der Waals surface area contributed by atoms with E-state index in [1.54, 1.807) is 18.2 Å². The molecule has 3 rings (SSSR count). The Balaban J connectivity index is 1.53. The van der Waals surface area contributed by atoms with E-state index < -0.39 is 0 Å². The van der Waals surface area contributed by atoms with E-state index in [1.165, 1.54) is 11.6 Å². The lowest BCUT2D eigenvalue weighted by Gasteiger charge is -2.39. The molecule has 1 aliphatic rings. The summed E-state index contributed by atoms with van der Waals surface area (Å²) in [5.41, 5.74) is 1.86. The second-order valence-corrected chi connectivity index (χ2v) is 7.69. The van der Waals surface area contributed by atoms with Crippen molar-refractivity contribution in [1.29, 1.82) is 0 Å². The zero-order chi connectivity index (χ0) is 20.6. The minimum absolute atomic E-state index is 0.0432.